The van der Waals surface area contributed by atoms with E-state index in [0.29, 0.717) is 27.7 Å². The van der Waals surface area contributed by atoms with E-state index in [2.05, 4.69) is 5.32 Å². The standard InChI is InChI=1S/C32H37Cl2N3O4S/c1-3-30(32(39)35-26-12-6-4-7-13-26)36(21-24-17-18-25(33)20-29(24)34)31(38)22-37(27-14-10-11-23(2)19-27)42(40,41)28-15-8-5-9-16-28/h5,8-11,14-20,26,30H,3-4,6-7,12-13,21-22H2,1-2H3,(H,35,39)/t30-/m0/s1. The quantitative estimate of drug-likeness (QED) is 0.254. The molecule has 7 nitrogen and oxygen atoms in total. The smallest absolute Gasteiger partial charge is 0.264 e. The molecule has 0 aliphatic heterocycles. The first-order valence-corrected chi connectivity index (χ1v) is 16.5. The minimum atomic E-state index is -4.12. The van der Waals surface area contributed by atoms with Gasteiger partial charge in [0.25, 0.3) is 10.0 Å². The zero-order valence-electron chi connectivity index (χ0n) is 23.9. The van der Waals surface area contributed by atoms with E-state index in [1.165, 1.54) is 17.0 Å². The Morgan fingerprint density at radius 1 is 0.952 bits per heavy atom. The second-order valence-corrected chi connectivity index (χ2v) is 13.4. The van der Waals surface area contributed by atoms with E-state index >= 15 is 0 Å². The number of hydrogen-bond acceptors (Lipinski definition) is 4. The van der Waals surface area contributed by atoms with Crippen LogP contribution >= 0.6 is 23.2 Å². The van der Waals surface area contributed by atoms with Gasteiger partial charge in [-0.05, 0) is 73.7 Å². The molecular weight excluding hydrogens is 593 g/mol. The van der Waals surface area contributed by atoms with Crippen LogP contribution in [0.25, 0.3) is 0 Å². The van der Waals surface area contributed by atoms with Crippen LogP contribution in [0.2, 0.25) is 10.0 Å². The summed E-state index contributed by atoms with van der Waals surface area (Å²) in [6, 6.07) is 19.2. The lowest BCUT2D eigenvalue weighted by molar-refractivity contribution is -0.140. The highest BCUT2D eigenvalue weighted by molar-refractivity contribution is 7.92. The van der Waals surface area contributed by atoms with Crippen molar-refractivity contribution in [1.82, 2.24) is 10.2 Å². The fourth-order valence-corrected chi connectivity index (χ4v) is 7.22. The number of halogens is 2. The molecule has 0 unspecified atom stereocenters. The Bertz CT molecular complexity index is 1490. The lowest BCUT2D eigenvalue weighted by Crippen LogP contribution is -2.54. The van der Waals surface area contributed by atoms with E-state index in [1.807, 2.05) is 19.9 Å². The predicted molar refractivity (Wildman–Crippen MR) is 168 cm³/mol. The molecule has 4 rings (SSSR count). The summed E-state index contributed by atoms with van der Waals surface area (Å²) in [7, 11) is -4.12. The summed E-state index contributed by atoms with van der Waals surface area (Å²) < 4.78 is 29.0. The Kier molecular flexibility index (Phi) is 10.9. The summed E-state index contributed by atoms with van der Waals surface area (Å²) >= 11 is 12.6. The van der Waals surface area contributed by atoms with Gasteiger partial charge in [-0.1, -0.05) is 85.8 Å². The number of nitrogens with zero attached hydrogens (tertiary/aromatic N) is 2. The molecule has 1 aliphatic carbocycles. The summed E-state index contributed by atoms with van der Waals surface area (Å²) in [6.07, 6.45) is 5.38. The van der Waals surface area contributed by atoms with Crippen molar-refractivity contribution < 1.29 is 18.0 Å². The molecule has 0 saturated heterocycles. The molecule has 1 atom stereocenters. The van der Waals surface area contributed by atoms with Gasteiger partial charge in [-0.2, -0.15) is 0 Å². The predicted octanol–water partition coefficient (Wildman–Crippen LogP) is 6.75. The van der Waals surface area contributed by atoms with E-state index in [-0.39, 0.29) is 23.4 Å². The monoisotopic (exact) mass is 629 g/mol. The third kappa shape index (κ3) is 7.85. The maximum atomic E-state index is 14.2. The highest BCUT2D eigenvalue weighted by Crippen LogP contribution is 2.27. The molecule has 3 aromatic carbocycles. The van der Waals surface area contributed by atoms with Crippen LogP contribution in [0, 0.1) is 6.92 Å². The number of rotatable bonds is 11. The summed E-state index contributed by atoms with van der Waals surface area (Å²) in [5.41, 5.74) is 1.80. The lowest BCUT2D eigenvalue weighted by atomic mass is 9.95. The van der Waals surface area contributed by atoms with Gasteiger partial charge in [0, 0.05) is 22.6 Å². The summed E-state index contributed by atoms with van der Waals surface area (Å²) in [6.45, 7) is 3.21. The first-order valence-electron chi connectivity index (χ1n) is 14.3. The third-order valence-electron chi connectivity index (χ3n) is 7.59. The number of hydrogen-bond donors (Lipinski definition) is 1. The number of carbonyl (C=O) groups is 2. The number of nitrogens with one attached hydrogen (secondary N) is 1. The lowest BCUT2D eigenvalue weighted by Gasteiger charge is -2.34. The van der Waals surface area contributed by atoms with Gasteiger partial charge in [0.15, 0.2) is 0 Å². The van der Waals surface area contributed by atoms with Crippen LogP contribution < -0.4 is 9.62 Å². The number of anilines is 1. The van der Waals surface area contributed by atoms with Crippen LogP contribution in [-0.2, 0) is 26.2 Å². The zero-order valence-corrected chi connectivity index (χ0v) is 26.3. The van der Waals surface area contributed by atoms with Gasteiger partial charge in [0.1, 0.15) is 12.6 Å². The molecule has 1 saturated carbocycles. The largest absolute Gasteiger partial charge is 0.352 e. The molecule has 0 spiro atoms. The van der Waals surface area contributed by atoms with E-state index in [1.54, 1.807) is 54.6 Å². The maximum absolute atomic E-state index is 14.2. The van der Waals surface area contributed by atoms with Crippen molar-refractivity contribution in [2.24, 2.45) is 0 Å². The first-order chi connectivity index (χ1) is 20.1. The Morgan fingerprint density at radius 3 is 2.31 bits per heavy atom. The first kappa shape index (κ1) is 31.9. The molecule has 2 amide bonds. The van der Waals surface area contributed by atoms with Crippen LogP contribution in [0.4, 0.5) is 5.69 Å². The van der Waals surface area contributed by atoms with Crippen molar-refractivity contribution in [3.05, 3.63) is 94.0 Å². The summed E-state index contributed by atoms with van der Waals surface area (Å²) in [4.78, 5) is 29.4. The SMILES string of the molecule is CC[C@@H](C(=O)NC1CCCCC1)N(Cc1ccc(Cl)cc1Cl)C(=O)CN(c1cccc(C)c1)S(=O)(=O)c1ccccc1. The molecule has 0 radical (unpaired) electrons. The van der Waals surface area contributed by atoms with Gasteiger partial charge in [-0.3, -0.25) is 13.9 Å². The van der Waals surface area contributed by atoms with E-state index in [4.69, 9.17) is 23.2 Å². The molecule has 0 heterocycles. The molecule has 1 aliphatic rings. The Hall–Kier alpha value is -3.07. The van der Waals surface area contributed by atoms with Crippen LogP contribution in [-0.4, -0.2) is 43.8 Å². The Balaban J connectivity index is 1.72. The average Bonchev–Trinajstić information content (AvgIpc) is 2.97. The van der Waals surface area contributed by atoms with Crippen LogP contribution in [0.15, 0.2) is 77.7 Å². The molecule has 1 N–H and O–H groups in total. The number of carbonyl (C=O) groups excluding carboxylic acids is 2. The second-order valence-electron chi connectivity index (χ2n) is 10.7. The molecule has 0 aromatic heterocycles. The topological polar surface area (TPSA) is 86.8 Å². The summed E-state index contributed by atoms with van der Waals surface area (Å²) in [5.74, 6) is -0.775. The van der Waals surface area contributed by atoms with Crippen molar-refractivity contribution in [2.75, 3.05) is 10.8 Å². The molecule has 42 heavy (non-hydrogen) atoms. The van der Waals surface area contributed by atoms with Gasteiger partial charge >= 0.3 is 0 Å². The number of aryl methyl sites for hydroxylation is 1. The normalized spacial score (nSPS) is 14.7. The van der Waals surface area contributed by atoms with E-state index < -0.39 is 28.5 Å². The fraction of sp³-hybridized carbons (Fsp3) is 0.375. The number of sulfonamides is 1. The maximum Gasteiger partial charge on any atom is 0.264 e. The number of benzene rings is 3. The Morgan fingerprint density at radius 2 is 1.67 bits per heavy atom. The number of amides is 2. The Labute approximate surface area is 258 Å². The van der Waals surface area contributed by atoms with Crippen molar-refractivity contribution >= 4 is 50.7 Å². The third-order valence-corrected chi connectivity index (χ3v) is 9.97. The zero-order chi connectivity index (χ0) is 30.3. The van der Waals surface area contributed by atoms with E-state index in [9.17, 15) is 18.0 Å². The average molecular weight is 631 g/mol. The molecule has 224 valence electrons. The molecule has 3 aromatic rings. The second kappa shape index (κ2) is 14.4. The highest BCUT2D eigenvalue weighted by Gasteiger charge is 2.34. The molecular formula is C32H37Cl2N3O4S. The van der Waals surface area contributed by atoms with E-state index in [0.717, 1.165) is 42.0 Å². The van der Waals surface area contributed by atoms with Crippen molar-refractivity contribution in [2.45, 2.75) is 75.9 Å². The van der Waals surface area contributed by atoms with Crippen molar-refractivity contribution in [1.29, 1.82) is 0 Å². The van der Waals surface area contributed by atoms with Gasteiger partial charge in [0.2, 0.25) is 11.8 Å². The molecule has 10 heteroatoms. The molecule has 1 fully saturated rings. The van der Waals surface area contributed by atoms with Gasteiger partial charge < -0.3 is 10.2 Å². The minimum Gasteiger partial charge on any atom is -0.352 e. The van der Waals surface area contributed by atoms with Crippen LogP contribution in [0.1, 0.15) is 56.6 Å². The fourth-order valence-electron chi connectivity index (χ4n) is 5.33. The molecule has 0 bridgehead atoms. The van der Waals surface area contributed by atoms with Crippen LogP contribution in [0.5, 0.6) is 0 Å². The highest BCUT2D eigenvalue weighted by atomic mass is 35.5. The van der Waals surface area contributed by atoms with Gasteiger partial charge in [-0.25, -0.2) is 8.42 Å². The summed E-state index contributed by atoms with van der Waals surface area (Å²) in [5, 5.41) is 3.95. The van der Waals surface area contributed by atoms with Gasteiger partial charge in [-0.15, -0.1) is 0 Å². The van der Waals surface area contributed by atoms with Crippen LogP contribution in [0.3, 0.4) is 0 Å². The van der Waals surface area contributed by atoms with Crippen molar-refractivity contribution in [3.63, 3.8) is 0 Å². The van der Waals surface area contributed by atoms with Crippen molar-refractivity contribution in [3.8, 4) is 0 Å². The van der Waals surface area contributed by atoms with Gasteiger partial charge in [0.05, 0.1) is 10.6 Å². The minimum absolute atomic E-state index is 0.0124.